The zero-order valence-electron chi connectivity index (χ0n) is 16.2. The standard InChI is InChI=1S/C20H34N4O/c1-16-12-17(2)15-24(14-16)11-5-10-22-20(21-3)23-13-18-6-8-19(25-4)9-7-18/h6-9,16-17H,5,10-15H2,1-4H3,(H2,21,22,23). The molecule has 1 heterocycles. The van der Waals surface area contributed by atoms with Gasteiger partial charge in [-0.25, -0.2) is 0 Å². The lowest BCUT2D eigenvalue weighted by atomic mass is 9.92. The second-order valence-corrected chi connectivity index (χ2v) is 7.26. The fraction of sp³-hybridized carbons (Fsp3) is 0.650. The molecular weight excluding hydrogens is 312 g/mol. The molecule has 2 atom stereocenters. The van der Waals surface area contributed by atoms with E-state index in [9.17, 15) is 0 Å². The topological polar surface area (TPSA) is 48.9 Å². The van der Waals surface area contributed by atoms with E-state index in [0.29, 0.717) is 0 Å². The Balaban J connectivity index is 1.64. The number of ether oxygens (including phenoxy) is 1. The van der Waals surface area contributed by atoms with Crippen LogP contribution in [0.25, 0.3) is 0 Å². The van der Waals surface area contributed by atoms with Crippen molar-refractivity contribution in [2.24, 2.45) is 16.8 Å². The molecule has 0 aliphatic carbocycles. The summed E-state index contributed by atoms with van der Waals surface area (Å²) < 4.78 is 5.18. The number of methoxy groups -OCH3 is 1. The van der Waals surface area contributed by atoms with Crippen LogP contribution in [0.4, 0.5) is 0 Å². The average Bonchev–Trinajstić information content (AvgIpc) is 2.61. The number of piperidine rings is 1. The summed E-state index contributed by atoms with van der Waals surface area (Å²) >= 11 is 0. The van der Waals surface area contributed by atoms with E-state index in [0.717, 1.165) is 49.6 Å². The second kappa shape index (κ2) is 10.3. The van der Waals surface area contributed by atoms with Crippen molar-refractivity contribution in [3.05, 3.63) is 29.8 Å². The number of nitrogens with one attached hydrogen (secondary N) is 2. The number of rotatable bonds is 7. The third-order valence-corrected chi connectivity index (χ3v) is 4.73. The molecule has 1 aromatic carbocycles. The molecule has 1 aromatic rings. The minimum atomic E-state index is 0.755. The molecule has 5 heteroatoms. The average molecular weight is 347 g/mol. The highest BCUT2D eigenvalue weighted by Gasteiger charge is 2.20. The van der Waals surface area contributed by atoms with Crippen LogP contribution < -0.4 is 15.4 Å². The third-order valence-electron chi connectivity index (χ3n) is 4.73. The molecule has 0 saturated carbocycles. The number of nitrogens with zero attached hydrogens (tertiary/aromatic N) is 2. The Kier molecular flexibility index (Phi) is 8.06. The van der Waals surface area contributed by atoms with E-state index in [1.54, 1.807) is 7.11 Å². The lowest BCUT2D eigenvalue weighted by molar-refractivity contribution is 0.140. The molecule has 25 heavy (non-hydrogen) atoms. The van der Waals surface area contributed by atoms with E-state index < -0.39 is 0 Å². The van der Waals surface area contributed by atoms with Gasteiger partial charge in [-0.15, -0.1) is 0 Å². The van der Waals surface area contributed by atoms with Gasteiger partial charge in [0.05, 0.1) is 7.11 Å². The molecule has 0 spiro atoms. The van der Waals surface area contributed by atoms with Crippen molar-refractivity contribution in [1.29, 1.82) is 0 Å². The highest BCUT2D eigenvalue weighted by molar-refractivity contribution is 5.79. The molecule has 2 rings (SSSR count). The van der Waals surface area contributed by atoms with Gasteiger partial charge < -0.3 is 20.3 Å². The quantitative estimate of drug-likeness (QED) is 0.453. The first-order valence-electron chi connectivity index (χ1n) is 9.40. The van der Waals surface area contributed by atoms with Crippen LogP contribution in [-0.2, 0) is 6.54 Å². The van der Waals surface area contributed by atoms with Crippen LogP contribution in [0, 0.1) is 11.8 Å². The van der Waals surface area contributed by atoms with Gasteiger partial charge in [0.15, 0.2) is 5.96 Å². The molecule has 1 saturated heterocycles. The maximum atomic E-state index is 5.18. The first-order valence-corrected chi connectivity index (χ1v) is 9.40. The summed E-state index contributed by atoms with van der Waals surface area (Å²) in [6, 6.07) is 8.09. The summed E-state index contributed by atoms with van der Waals surface area (Å²) in [7, 11) is 3.50. The normalized spacial score (nSPS) is 21.8. The molecule has 2 unspecified atom stereocenters. The monoisotopic (exact) mass is 346 g/mol. The first kappa shape index (κ1) is 19.6. The SMILES string of the molecule is CN=C(NCCCN1CC(C)CC(C)C1)NCc1ccc(OC)cc1. The van der Waals surface area contributed by atoms with Gasteiger partial charge in [0.1, 0.15) is 5.75 Å². The molecular formula is C20H34N4O. The van der Waals surface area contributed by atoms with Crippen molar-refractivity contribution in [1.82, 2.24) is 15.5 Å². The fourth-order valence-corrected chi connectivity index (χ4v) is 3.63. The maximum absolute atomic E-state index is 5.18. The highest BCUT2D eigenvalue weighted by Crippen LogP contribution is 2.20. The largest absolute Gasteiger partial charge is 0.497 e. The Morgan fingerprint density at radius 3 is 2.44 bits per heavy atom. The number of hydrogen-bond donors (Lipinski definition) is 2. The van der Waals surface area contributed by atoms with Gasteiger partial charge in [-0.3, -0.25) is 4.99 Å². The van der Waals surface area contributed by atoms with Crippen molar-refractivity contribution in [2.45, 2.75) is 33.2 Å². The lowest BCUT2D eigenvalue weighted by Gasteiger charge is -2.35. The Labute approximate surface area is 152 Å². The van der Waals surface area contributed by atoms with Crippen LogP contribution in [0.3, 0.4) is 0 Å². The lowest BCUT2D eigenvalue weighted by Crippen LogP contribution is -2.41. The van der Waals surface area contributed by atoms with Crippen molar-refractivity contribution in [3.8, 4) is 5.75 Å². The zero-order valence-corrected chi connectivity index (χ0v) is 16.2. The molecule has 5 nitrogen and oxygen atoms in total. The molecule has 2 N–H and O–H groups in total. The summed E-state index contributed by atoms with van der Waals surface area (Å²) in [5.41, 5.74) is 1.21. The van der Waals surface area contributed by atoms with Gasteiger partial charge in [-0.05, 0) is 48.9 Å². The molecule has 140 valence electrons. The molecule has 0 aromatic heterocycles. The van der Waals surface area contributed by atoms with Crippen molar-refractivity contribution >= 4 is 5.96 Å². The van der Waals surface area contributed by atoms with Gasteiger partial charge in [-0.1, -0.05) is 26.0 Å². The molecule has 0 bridgehead atoms. The van der Waals surface area contributed by atoms with Gasteiger partial charge in [0.2, 0.25) is 0 Å². The van der Waals surface area contributed by atoms with Crippen molar-refractivity contribution in [3.63, 3.8) is 0 Å². The Hall–Kier alpha value is -1.75. The maximum Gasteiger partial charge on any atom is 0.191 e. The van der Waals surface area contributed by atoms with Gasteiger partial charge in [0.25, 0.3) is 0 Å². The van der Waals surface area contributed by atoms with E-state index >= 15 is 0 Å². The van der Waals surface area contributed by atoms with Crippen molar-refractivity contribution < 1.29 is 4.74 Å². The summed E-state index contributed by atoms with van der Waals surface area (Å²) in [4.78, 5) is 6.91. The number of benzene rings is 1. The smallest absolute Gasteiger partial charge is 0.191 e. The zero-order chi connectivity index (χ0) is 18.1. The number of guanidine groups is 1. The molecule has 1 aliphatic rings. The minimum absolute atomic E-state index is 0.755. The Bertz CT molecular complexity index is 519. The fourth-order valence-electron chi connectivity index (χ4n) is 3.63. The molecule has 0 amide bonds. The van der Waals surface area contributed by atoms with Crippen LogP contribution in [0.1, 0.15) is 32.3 Å². The molecule has 1 fully saturated rings. The molecule has 0 radical (unpaired) electrons. The summed E-state index contributed by atoms with van der Waals surface area (Å²) in [5.74, 6) is 3.40. The minimum Gasteiger partial charge on any atom is -0.497 e. The van der Waals surface area contributed by atoms with E-state index in [-0.39, 0.29) is 0 Å². The predicted octanol–water partition coefficient (Wildman–Crippen LogP) is 2.73. The summed E-state index contributed by atoms with van der Waals surface area (Å²) in [5, 5.41) is 6.77. The van der Waals surface area contributed by atoms with Crippen LogP contribution in [0.5, 0.6) is 5.75 Å². The van der Waals surface area contributed by atoms with Gasteiger partial charge in [0, 0.05) is 33.2 Å². The number of aliphatic imine (C=N–C) groups is 1. The Morgan fingerprint density at radius 1 is 1.16 bits per heavy atom. The summed E-state index contributed by atoms with van der Waals surface area (Å²) in [6.45, 7) is 10.1. The number of hydrogen-bond acceptors (Lipinski definition) is 3. The van der Waals surface area contributed by atoms with Crippen LogP contribution >= 0.6 is 0 Å². The Morgan fingerprint density at radius 2 is 1.84 bits per heavy atom. The van der Waals surface area contributed by atoms with E-state index in [2.05, 4.69) is 46.5 Å². The second-order valence-electron chi connectivity index (χ2n) is 7.26. The van der Waals surface area contributed by atoms with Crippen LogP contribution in [-0.4, -0.2) is 51.2 Å². The van der Waals surface area contributed by atoms with E-state index in [4.69, 9.17) is 4.74 Å². The number of likely N-dealkylation sites (tertiary alicyclic amines) is 1. The third kappa shape index (κ3) is 6.94. The van der Waals surface area contributed by atoms with Crippen LogP contribution in [0.15, 0.2) is 29.3 Å². The highest BCUT2D eigenvalue weighted by atomic mass is 16.5. The van der Waals surface area contributed by atoms with E-state index in [1.807, 2.05) is 19.2 Å². The van der Waals surface area contributed by atoms with Crippen molar-refractivity contribution in [2.75, 3.05) is 40.3 Å². The van der Waals surface area contributed by atoms with E-state index in [1.165, 1.54) is 25.1 Å². The van der Waals surface area contributed by atoms with Gasteiger partial charge >= 0.3 is 0 Å². The predicted molar refractivity (Wildman–Crippen MR) is 105 cm³/mol. The van der Waals surface area contributed by atoms with Crippen LogP contribution in [0.2, 0.25) is 0 Å². The first-order chi connectivity index (χ1) is 12.1. The summed E-state index contributed by atoms with van der Waals surface area (Å²) in [6.07, 6.45) is 2.51. The molecule has 1 aliphatic heterocycles. The van der Waals surface area contributed by atoms with Gasteiger partial charge in [-0.2, -0.15) is 0 Å².